The molecule has 0 amide bonds. The van der Waals surface area contributed by atoms with E-state index in [4.69, 9.17) is 9.84 Å². The summed E-state index contributed by atoms with van der Waals surface area (Å²) >= 11 is 0.542. The molecule has 6 atom stereocenters. The molecule has 140 valence electrons. The standard InChI is InChI=1S/C11H19NO10S2/c1-2-5(14)3-7(12-22-24(18,19)20)23-11-10(17)9(16)8(15)6(4-13)21-11/h2,5-6,8-11,13-17H,1,3-4H2,(H,18,19,20)/p-1/b12-7-/t5-,6-,8-,9+,10-,11+/m1/s1. The van der Waals surface area contributed by atoms with Crippen LogP contribution in [0.1, 0.15) is 6.42 Å². The maximum Gasteiger partial charge on any atom is 0.284 e. The maximum atomic E-state index is 10.5. The van der Waals surface area contributed by atoms with E-state index >= 15 is 0 Å². The fourth-order valence-corrected chi connectivity index (χ4v) is 3.10. The second kappa shape index (κ2) is 9.07. The highest BCUT2D eigenvalue weighted by molar-refractivity contribution is 8.14. The Kier molecular flexibility index (Phi) is 8.04. The Morgan fingerprint density at radius 3 is 2.50 bits per heavy atom. The van der Waals surface area contributed by atoms with E-state index in [2.05, 4.69) is 16.0 Å². The fraction of sp³-hybridized carbons (Fsp3) is 0.727. The molecule has 1 rings (SSSR count). The third kappa shape index (κ3) is 6.27. The summed E-state index contributed by atoms with van der Waals surface area (Å²) in [7, 11) is -5.14. The second-order valence-corrected chi connectivity index (χ2v) is 6.93. The Morgan fingerprint density at radius 2 is 2.00 bits per heavy atom. The van der Waals surface area contributed by atoms with Crippen LogP contribution in [0.2, 0.25) is 0 Å². The lowest BCUT2D eigenvalue weighted by atomic mass is 10.0. The third-order valence-electron chi connectivity index (χ3n) is 2.99. The molecule has 0 spiro atoms. The van der Waals surface area contributed by atoms with Gasteiger partial charge in [0.05, 0.1) is 12.7 Å². The van der Waals surface area contributed by atoms with E-state index < -0.39 is 53.0 Å². The summed E-state index contributed by atoms with van der Waals surface area (Å²) < 4.78 is 40.4. The Balaban J connectivity index is 2.92. The Morgan fingerprint density at radius 1 is 1.38 bits per heavy atom. The quantitative estimate of drug-likeness (QED) is 0.0759. The summed E-state index contributed by atoms with van der Waals surface area (Å²) in [5.74, 6) is 0. The maximum absolute atomic E-state index is 10.5. The zero-order chi connectivity index (χ0) is 18.5. The van der Waals surface area contributed by atoms with Crippen molar-refractivity contribution in [2.75, 3.05) is 6.61 Å². The summed E-state index contributed by atoms with van der Waals surface area (Å²) in [4.78, 5) is 0. The van der Waals surface area contributed by atoms with Crippen molar-refractivity contribution in [3.8, 4) is 0 Å². The SMILES string of the molecule is C=C[C@@H](O)C/C(=N/OS(=O)(=O)[O-])S[C@@H]1O[C@H](CO)[C@@H](O)[C@H](O)[C@H]1O. The van der Waals surface area contributed by atoms with Crippen molar-refractivity contribution in [2.24, 2.45) is 5.16 Å². The smallest absolute Gasteiger partial charge is 0.284 e. The minimum Gasteiger partial charge on any atom is -0.714 e. The van der Waals surface area contributed by atoms with E-state index in [9.17, 15) is 33.4 Å². The molecule has 24 heavy (non-hydrogen) atoms. The molecule has 13 heteroatoms. The van der Waals surface area contributed by atoms with E-state index in [1.165, 1.54) is 0 Å². The van der Waals surface area contributed by atoms with Crippen molar-refractivity contribution in [3.63, 3.8) is 0 Å². The molecule has 0 radical (unpaired) electrons. The van der Waals surface area contributed by atoms with Gasteiger partial charge in [-0.1, -0.05) is 23.0 Å². The number of aliphatic hydroxyl groups excluding tert-OH is 5. The first-order valence-electron chi connectivity index (χ1n) is 6.58. The van der Waals surface area contributed by atoms with Gasteiger partial charge in [-0.15, -0.1) is 6.58 Å². The predicted molar refractivity (Wildman–Crippen MR) is 80.4 cm³/mol. The predicted octanol–water partition coefficient (Wildman–Crippen LogP) is -2.75. The van der Waals surface area contributed by atoms with Crippen molar-refractivity contribution in [1.82, 2.24) is 0 Å². The highest BCUT2D eigenvalue weighted by atomic mass is 32.3. The molecule has 1 saturated heterocycles. The molecule has 5 N–H and O–H groups in total. The summed E-state index contributed by atoms with van der Waals surface area (Å²) in [6.45, 7) is 2.65. The molecule has 1 fully saturated rings. The van der Waals surface area contributed by atoms with Gasteiger partial charge in [0.1, 0.15) is 34.9 Å². The molecule has 1 heterocycles. The molecule has 1 aliphatic rings. The van der Waals surface area contributed by atoms with Crippen molar-refractivity contribution in [3.05, 3.63) is 12.7 Å². The summed E-state index contributed by atoms with van der Waals surface area (Å²) in [5.41, 5.74) is -1.28. The van der Waals surface area contributed by atoms with Crippen LogP contribution in [0.4, 0.5) is 0 Å². The van der Waals surface area contributed by atoms with Gasteiger partial charge >= 0.3 is 0 Å². The lowest BCUT2D eigenvalue weighted by Crippen LogP contribution is -2.57. The Hall–Kier alpha value is -0.770. The van der Waals surface area contributed by atoms with Gasteiger partial charge in [-0.3, -0.25) is 4.28 Å². The van der Waals surface area contributed by atoms with Crippen LogP contribution in [-0.2, 0) is 19.4 Å². The number of ether oxygens (including phenoxy) is 1. The van der Waals surface area contributed by atoms with Gasteiger partial charge in [0, 0.05) is 6.42 Å². The largest absolute Gasteiger partial charge is 0.714 e. The number of thioether (sulfide) groups is 1. The lowest BCUT2D eigenvalue weighted by Gasteiger charge is -2.39. The highest BCUT2D eigenvalue weighted by Crippen LogP contribution is 2.30. The molecule has 0 aliphatic carbocycles. The zero-order valence-electron chi connectivity index (χ0n) is 12.2. The topological polar surface area (TPSA) is 189 Å². The summed E-state index contributed by atoms with van der Waals surface area (Å²) in [5, 5.41) is 50.7. The van der Waals surface area contributed by atoms with Gasteiger partial charge in [-0.2, -0.15) is 8.42 Å². The molecule has 0 saturated carbocycles. The fourth-order valence-electron chi connectivity index (χ4n) is 1.76. The van der Waals surface area contributed by atoms with E-state index in [-0.39, 0.29) is 11.5 Å². The minimum absolute atomic E-state index is 0.258. The average Bonchev–Trinajstić information content (AvgIpc) is 2.52. The summed E-state index contributed by atoms with van der Waals surface area (Å²) in [6.07, 6.45) is -6.41. The first kappa shape index (κ1) is 21.3. The third-order valence-corrected chi connectivity index (χ3v) is 4.38. The van der Waals surface area contributed by atoms with Crippen LogP contribution >= 0.6 is 11.8 Å². The van der Waals surface area contributed by atoms with E-state index in [1.54, 1.807) is 0 Å². The van der Waals surface area contributed by atoms with Crippen LogP contribution < -0.4 is 0 Å². The molecular weight excluding hydrogens is 370 g/mol. The lowest BCUT2D eigenvalue weighted by molar-refractivity contribution is -0.205. The van der Waals surface area contributed by atoms with Gasteiger partial charge in [0.2, 0.25) is 0 Å². The first-order chi connectivity index (χ1) is 11.1. The van der Waals surface area contributed by atoms with Gasteiger partial charge in [0.25, 0.3) is 10.4 Å². The molecule has 11 nitrogen and oxygen atoms in total. The normalized spacial score (nSPS) is 33.1. The minimum atomic E-state index is -5.14. The van der Waals surface area contributed by atoms with E-state index in [0.29, 0.717) is 11.8 Å². The molecule has 0 aromatic carbocycles. The molecular formula is C11H18NO10S2-. The first-order valence-corrected chi connectivity index (χ1v) is 8.79. The highest BCUT2D eigenvalue weighted by Gasteiger charge is 2.44. The molecule has 0 aromatic heterocycles. The van der Waals surface area contributed by atoms with Gasteiger partial charge in [0.15, 0.2) is 0 Å². The van der Waals surface area contributed by atoms with E-state index in [1.807, 2.05) is 0 Å². The molecule has 0 bridgehead atoms. The number of hydrogen-bond acceptors (Lipinski definition) is 12. The van der Waals surface area contributed by atoms with Crippen LogP contribution in [0.5, 0.6) is 0 Å². The van der Waals surface area contributed by atoms with Crippen LogP contribution in [-0.4, -0.2) is 86.1 Å². The van der Waals surface area contributed by atoms with E-state index in [0.717, 1.165) is 6.08 Å². The van der Waals surface area contributed by atoms with Crippen LogP contribution in [0.3, 0.4) is 0 Å². The van der Waals surface area contributed by atoms with Crippen molar-refractivity contribution >= 4 is 27.2 Å². The Bertz CT molecular complexity index is 551. The van der Waals surface area contributed by atoms with Gasteiger partial charge in [-0.05, 0) is 0 Å². The molecule has 0 aromatic rings. The van der Waals surface area contributed by atoms with Crippen molar-refractivity contribution < 1.29 is 47.5 Å². The number of nitrogens with zero attached hydrogens (tertiary/aromatic N) is 1. The van der Waals surface area contributed by atoms with Gasteiger partial charge < -0.3 is 34.8 Å². The van der Waals surface area contributed by atoms with Crippen LogP contribution in [0.25, 0.3) is 0 Å². The number of rotatable bonds is 7. The average molecular weight is 388 g/mol. The molecule has 1 aliphatic heterocycles. The van der Waals surface area contributed by atoms with Crippen LogP contribution in [0.15, 0.2) is 17.8 Å². The number of aliphatic hydroxyl groups is 5. The van der Waals surface area contributed by atoms with Crippen LogP contribution in [0, 0.1) is 0 Å². The summed E-state index contributed by atoms with van der Waals surface area (Å²) in [6, 6.07) is 0. The Labute approximate surface area is 142 Å². The van der Waals surface area contributed by atoms with Crippen molar-refractivity contribution in [2.45, 2.75) is 42.4 Å². The zero-order valence-corrected chi connectivity index (χ0v) is 13.8. The number of hydrogen-bond donors (Lipinski definition) is 5. The molecule has 0 unspecified atom stereocenters. The van der Waals surface area contributed by atoms with Gasteiger partial charge in [-0.25, -0.2) is 0 Å². The monoisotopic (exact) mass is 388 g/mol. The number of oxime groups is 1. The second-order valence-electron chi connectivity index (χ2n) is 4.79. The van der Waals surface area contributed by atoms with Crippen molar-refractivity contribution in [1.29, 1.82) is 0 Å².